The minimum Gasteiger partial charge on any atom is -0.389 e. The van der Waals surface area contributed by atoms with Crippen LogP contribution in [0.15, 0.2) is 0 Å². The number of aldehydes is 1. The van der Waals surface area contributed by atoms with E-state index in [0.29, 0.717) is 0 Å². The van der Waals surface area contributed by atoms with Crippen LogP contribution in [-0.4, -0.2) is 41.5 Å². The van der Waals surface area contributed by atoms with E-state index in [2.05, 4.69) is 4.90 Å². The minimum atomic E-state index is -0.469. The first-order valence-electron chi connectivity index (χ1n) is 6.62. The Morgan fingerprint density at radius 3 is 2.69 bits per heavy atom. The fourth-order valence-corrected chi connectivity index (χ4v) is 3.13. The summed E-state index contributed by atoms with van der Waals surface area (Å²) in [5, 5.41) is 10.5. The fourth-order valence-electron chi connectivity index (χ4n) is 3.13. The molecule has 1 unspecified atom stereocenters. The van der Waals surface area contributed by atoms with Gasteiger partial charge in [-0.2, -0.15) is 0 Å². The lowest BCUT2D eigenvalue weighted by atomic mass is 9.84. The Labute approximate surface area is 97.8 Å². The molecule has 0 bridgehead atoms. The highest BCUT2D eigenvalue weighted by Crippen LogP contribution is 2.29. The van der Waals surface area contributed by atoms with Crippen molar-refractivity contribution < 1.29 is 9.90 Å². The maximum absolute atomic E-state index is 10.8. The summed E-state index contributed by atoms with van der Waals surface area (Å²) in [6.45, 7) is 2.68. The van der Waals surface area contributed by atoms with Crippen molar-refractivity contribution in [3.05, 3.63) is 0 Å². The van der Waals surface area contributed by atoms with E-state index < -0.39 is 5.60 Å². The number of rotatable bonds is 3. The Bertz CT molecular complexity index is 236. The van der Waals surface area contributed by atoms with Crippen LogP contribution in [0.5, 0.6) is 0 Å². The van der Waals surface area contributed by atoms with Crippen molar-refractivity contribution >= 4 is 6.29 Å². The van der Waals surface area contributed by atoms with Crippen LogP contribution < -0.4 is 0 Å². The van der Waals surface area contributed by atoms with Gasteiger partial charge in [0.25, 0.3) is 0 Å². The summed E-state index contributed by atoms with van der Waals surface area (Å²) in [6.07, 6.45) is 8.65. The average molecular weight is 225 g/mol. The fraction of sp³-hybridized carbons (Fsp3) is 0.923. The van der Waals surface area contributed by atoms with E-state index in [-0.39, 0.29) is 5.92 Å². The Morgan fingerprint density at radius 2 is 2.00 bits per heavy atom. The van der Waals surface area contributed by atoms with Gasteiger partial charge in [0.05, 0.1) is 5.60 Å². The van der Waals surface area contributed by atoms with Gasteiger partial charge in [-0.05, 0) is 32.2 Å². The average Bonchev–Trinajstić information content (AvgIpc) is 2.29. The SMILES string of the molecule is O=CC1CCCN(CC2(O)CCCCC2)C1. The summed E-state index contributed by atoms with van der Waals surface area (Å²) in [4.78, 5) is 13.1. The normalized spacial score (nSPS) is 31.2. The van der Waals surface area contributed by atoms with Crippen molar-refractivity contribution in [1.29, 1.82) is 0 Å². The molecule has 0 aromatic rings. The highest BCUT2D eigenvalue weighted by molar-refractivity contribution is 5.53. The van der Waals surface area contributed by atoms with E-state index in [1.807, 2.05) is 0 Å². The molecule has 2 rings (SSSR count). The molecule has 0 radical (unpaired) electrons. The van der Waals surface area contributed by atoms with Gasteiger partial charge in [-0.1, -0.05) is 19.3 Å². The lowest BCUT2D eigenvalue weighted by molar-refractivity contribution is -0.113. The van der Waals surface area contributed by atoms with Gasteiger partial charge in [-0.25, -0.2) is 0 Å². The predicted octanol–water partition coefficient (Wildman–Crippen LogP) is 1.59. The van der Waals surface area contributed by atoms with Crippen molar-refractivity contribution in [2.45, 2.75) is 50.5 Å². The third kappa shape index (κ3) is 3.05. The van der Waals surface area contributed by atoms with E-state index in [1.54, 1.807) is 0 Å². The van der Waals surface area contributed by atoms with Crippen LogP contribution in [0, 0.1) is 5.92 Å². The van der Waals surface area contributed by atoms with Gasteiger partial charge in [0.15, 0.2) is 0 Å². The maximum atomic E-state index is 10.8. The van der Waals surface area contributed by atoms with Crippen molar-refractivity contribution in [2.75, 3.05) is 19.6 Å². The largest absolute Gasteiger partial charge is 0.389 e. The molecular formula is C13H23NO2. The van der Waals surface area contributed by atoms with Crippen LogP contribution in [0.3, 0.4) is 0 Å². The van der Waals surface area contributed by atoms with Crippen molar-refractivity contribution in [3.63, 3.8) is 0 Å². The Balaban J connectivity index is 1.85. The zero-order chi connectivity index (χ0) is 11.4. The number of nitrogens with zero attached hydrogens (tertiary/aromatic N) is 1. The molecule has 1 N–H and O–H groups in total. The molecule has 0 spiro atoms. The second-order valence-electron chi connectivity index (χ2n) is 5.56. The van der Waals surface area contributed by atoms with E-state index in [9.17, 15) is 9.90 Å². The first-order chi connectivity index (χ1) is 7.72. The molecule has 0 amide bonds. The van der Waals surface area contributed by atoms with Crippen molar-refractivity contribution in [3.8, 4) is 0 Å². The van der Waals surface area contributed by atoms with Gasteiger partial charge in [0.2, 0.25) is 0 Å². The molecule has 1 saturated heterocycles. The van der Waals surface area contributed by atoms with E-state index >= 15 is 0 Å². The van der Waals surface area contributed by atoms with Crippen LogP contribution in [0.4, 0.5) is 0 Å². The van der Waals surface area contributed by atoms with Crippen LogP contribution in [0.2, 0.25) is 0 Å². The summed E-state index contributed by atoms with van der Waals surface area (Å²) in [5.41, 5.74) is -0.469. The zero-order valence-corrected chi connectivity index (χ0v) is 10.0. The number of carbonyl (C=O) groups excluding carboxylic acids is 1. The van der Waals surface area contributed by atoms with Crippen LogP contribution >= 0.6 is 0 Å². The second kappa shape index (κ2) is 5.28. The summed E-state index contributed by atoms with van der Waals surface area (Å²) in [6, 6.07) is 0. The quantitative estimate of drug-likeness (QED) is 0.742. The molecule has 0 aromatic heterocycles. The van der Waals surface area contributed by atoms with Crippen molar-refractivity contribution in [1.82, 2.24) is 4.90 Å². The van der Waals surface area contributed by atoms with Gasteiger partial charge in [0, 0.05) is 19.0 Å². The lowest BCUT2D eigenvalue weighted by Crippen LogP contribution is -2.48. The number of carbonyl (C=O) groups is 1. The maximum Gasteiger partial charge on any atom is 0.124 e. The Morgan fingerprint density at radius 1 is 1.25 bits per heavy atom. The number of aliphatic hydroxyl groups is 1. The molecule has 1 atom stereocenters. The van der Waals surface area contributed by atoms with E-state index in [4.69, 9.17) is 0 Å². The van der Waals surface area contributed by atoms with Gasteiger partial charge < -0.3 is 9.90 Å². The summed E-state index contributed by atoms with van der Waals surface area (Å²) >= 11 is 0. The molecule has 2 fully saturated rings. The topological polar surface area (TPSA) is 40.5 Å². The van der Waals surface area contributed by atoms with Crippen LogP contribution in [0.1, 0.15) is 44.9 Å². The third-order valence-corrected chi connectivity index (χ3v) is 4.04. The Kier molecular flexibility index (Phi) is 3.98. The molecule has 0 aromatic carbocycles. The Hall–Kier alpha value is -0.410. The van der Waals surface area contributed by atoms with Gasteiger partial charge in [0.1, 0.15) is 6.29 Å². The van der Waals surface area contributed by atoms with Crippen LogP contribution in [0.25, 0.3) is 0 Å². The van der Waals surface area contributed by atoms with Crippen LogP contribution in [-0.2, 0) is 4.79 Å². The summed E-state index contributed by atoms with van der Waals surface area (Å²) in [5.74, 6) is 0.195. The number of β-amino-alcohol motifs (C(OH)–C–C–N with tert-alkyl or cyclic N) is 1. The van der Waals surface area contributed by atoms with Gasteiger partial charge >= 0.3 is 0 Å². The number of likely N-dealkylation sites (tertiary alicyclic amines) is 1. The van der Waals surface area contributed by atoms with Gasteiger partial charge in [-0.15, -0.1) is 0 Å². The number of hydrogen-bond donors (Lipinski definition) is 1. The second-order valence-corrected chi connectivity index (χ2v) is 5.56. The molecule has 1 saturated carbocycles. The van der Waals surface area contributed by atoms with E-state index in [0.717, 1.165) is 64.4 Å². The number of hydrogen-bond acceptors (Lipinski definition) is 3. The molecule has 3 heteroatoms. The predicted molar refractivity (Wildman–Crippen MR) is 63.3 cm³/mol. The monoisotopic (exact) mass is 225 g/mol. The first kappa shape index (κ1) is 12.1. The lowest BCUT2D eigenvalue weighted by Gasteiger charge is -2.39. The van der Waals surface area contributed by atoms with Gasteiger partial charge in [-0.3, -0.25) is 4.90 Å². The molecule has 92 valence electrons. The summed E-state index contributed by atoms with van der Waals surface area (Å²) < 4.78 is 0. The van der Waals surface area contributed by atoms with Crippen molar-refractivity contribution in [2.24, 2.45) is 5.92 Å². The summed E-state index contributed by atoms with van der Waals surface area (Å²) in [7, 11) is 0. The number of piperidine rings is 1. The highest BCUT2D eigenvalue weighted by Gasteiger charge is 2.32. The highest BCUT2D eigenvalue weighted by atomic mass is 16.3. The molecule has 1 aliphatic heterocycles. The smallest absolute Gasteiger partial charge is 0.124 e. The molecule has 1 aliphatic carbocycles. The standard InChI is InChI=1S/C13H23NO2/c15-10-12-5-4-8-14(9-12)11-13(16)6-2-1-3-7-13/h10,12,16H,1-9,11H2. The first-order valence-corrected chi connectivity index (χ1v) is 6.62. The zero-order valence-electron chi connectivity index (χ0n) is 10.0. The molecule has 2 aliphatic rings. The molecular weight excluding hydrogens is 202 g/mol. The molecule has 1 heterocycles. The minimum absolute atomic E-state index is 0.195. The van der Waals surface area contributed by atoms with E-state index in [1.165, 1.54) is 6.42 Å². The molecule has 3 nitrogen and oxygen atoms in total. The third-order valence-electron chi connectivity index (χ3n) is 4.04. The molecule has 16 heavy (non-hydrogen) atoms.